The molecule has 0 radical (unpaired) electrons. The van der Waals surface area contributed by atoms with Crippen LogP contribution in [0.1, 0.15) is 30.1 Å². The van der Waals surface area contributed by atoms with Crippen molar-refractivity contribution in [3.05, 3.63) is 41.0 Å². The Hall–Kier alpha value is -1.07. The first-order valence-electron chi connectivity index (χ1n) is 7.24. The van der Waals surface area contributed by atoms with E-state index in [1.807, 2.05) is 12.1 Å². The minimum Gasteiger partial charge on any atom is -0.348 e. The molecule has 2 N–H and O–H groups in total. The molecule has 1 aromatic heterocycles. The zero-order chi connectivity index (χ0) is 14.8. The molecule has 1 aliphatic rings. The van der Waals surface area contributed by atoms with Gasteiger partial charge in [-0.2, -0.15) is 0 Å². The molecule has 1 aromatic carbocycles. The van der Waals surface area contributed by atoms with Gasteiger partial charge in [-0.05, 0) is 50.6 Å². The number of rotatable bonds is 2. The maximum atomic E-state index is 12.6. The van der Waals surface area contributed by atoms with E-state index in [4.69, 9.17) is 11.6 Å². The minimum atomic E-state index is -0.0871. The van der Waals surface area contributed by atoms with Crippen molar-refractivity contribution < 1.29 is 4.79 Å². The van der Waals surface area contributed by atoms with Gasteiger partial charge in [0.25, 0.3) is 5.91 Å². The smallest absolute Gasteiger partial charge is 0.253 e. The highest BCUT2D eigenvalue weighted by molar-refractivity contribution is 6.36. The van der Waals surface area contributed by atoms with E-state index >= 15 is 0 Å². The van der Waals surface area contributed by atoms with Crippen molar-refractivity contribution in [2.75, 3.05) is 6.54 Å². The van der Waals surface area contributed by atoms with Gasteiger partial charge in [-0.3, -0.25) is 9.78 Å². The largest absolute Gasteiger partial charge is 0.348 e. The standard InChI is InChI=1S/C16H18ClN3O.2ClH/c1-10-14(5-3-8-18-10)20-16(21)12-6-7-13(17)11-4-2-9-19-15(11)12;;/h2,4,6-7,9-10,14,18H,3,5,8H2,1H3,(H,20,21);2*1H. The number of nitrogens with zero attached hydrogens (tertiary/aromatic N) is 1. The van der Waals surface area contributed by atoms with E-state index < -0.39 is 0 Å². The molecule has 23 heavy (non-hydrogen) atoms. The van der Waals surface area contributed by atoms with Crippen LogP contribution in [0.2, 0.25) is 5.02 Å². The Labute approximate surface area is 153 Å². The fourth-order valence-corrected chi connectivity index (χ4v) is 3.02. The summed E-state index contributed by atoms with van der Waals surface area (Å²) in [6, 6.07) is 7.64. The molecule has 1 fully saturated rings. The molecule has 2 aromatic rings. The topological polar surface area (TPSA) is 54.0 Å². The summed E-state index contributed by atoms with van der Waals surface area (Å²) in [7, 11) is 0. The number of fused-ring (bicyclic) bond motifs is 1. The number of aromatic nitrogens is 1. The Morgan fingerprint density at radius 3 is 2.87 bits per heavy atom. The van der Waals surface area contributed by atoms with Gasteiger partial charge in [0.05, 0.1) is 16.1 Å². The average molecular weight is 377 g/mol. The van der Waals surface area contributed by atoms with Gasteiger partial charge in [0.1, 0.15) is 0 Å². The second-order valence-corrected chi connectivity index (χ2v) is 5.87. The van der Waals surface area contributed by atoms with Crippen LogP contribution in [-0.2, 0) is 0 Å². The van der Waals surface area contributed by atoms with Crippen molar-refractivity contribution >= 4 is 53.2 Å². The lowest BCUT2D eigenvalue weighted by atomic mass is 9.99. The van der Waals surface area contributed by atoms with Crippen LogP contribution in [0.3, 0.4) is 0 Å². The van der Waals surface area contributed by atoms with Gasteiger partial charge >= 0.3 is 0 Å². The summed E-state index contributed by atoms with van der Waals surface area (Å²) in [6.45, 7) is 3.11. The van der Waals surface area contributed by atoms with E-state index in [-0.39, 0.29) is 42.8 Å². The monoisotopic (exact) mass is 375 g/mol. The number of carbonyl (C=O) groups excluding carboxylic acids is 1. The fraction of sp³-hybridized carbons (Fsp3) is 0.375. The van der Waals surface area contributed by atoms with E-state index in [2.05, 4.69) is 22.5 Å². The Bertz CT molecular complexity index is 681. The maximum absolute atomic E-state index is 12.6. The van der Waals surface area contributed by atoms with Crippen molar-refractivity contribution in [2.24, 2.45) is 0 Å². The number of piperidine rings is 1. The normalized spacial score (nSPS) is 20.3. The van der Waals surface area contributed by atoms with Crippen LogP contribution < -0.4 is 10.6 Å². The number of hydrogen-bond donors (Lipinski definition) is 2. The van der Waals surface area contributed by atoms with Gasteiger partial charge in [0.15, 0.2) is 0 Å². The third kappa shape index (κ3) is 4.27. The van der Waals surface area contributed by atoms with Crippen molar-refractivity contribution in [3.8, 4) is 0 Å². The third-order valence-electron chi connectivity index (χ3n) is 4.04. The molecular formula is C16H20Cl3N3O. The SMILES string of the molecule is CC1NCCCC1NC(=O)c1ccc(Cl)c2cccnc12.Cl.Cl. The molecule has 1 amide bonds. The number of nitrogens with one attached hydrogen (secondary N) is 2. The molecule has 2 unspecified atom stereocenters. The second-order valence-electron chi connectivity index (χ2n) is 5.46. The molecule has 2 heterocycles. The maximum Gasteiger partial charge on any atom is 0.253 e. The third-order valence-corrected chi connectivity index (χ3v) is 4.37. The van der Waals surface area contributed by atoms with Crippen molar-refractivity contribution in [3.63, 3.8) is 0 Å². The highest BCUT2D eigenvalue weighted by Crippen LogP contribution is 2.25. The van der Waals surface area contributed by atoms with Crippen LogP contribution in [0, 0.1) is 0 Å². The van der Waals surface area contributed by atoms with Crippen molar-refractivity contribution in [1.82, 2.24) is 15.6 Å². The van der Waals surface area contributed by atoms with Gasteiger partial charge in [0.2, 0.25) is 0 Å². The predicted molar refractivity (Wildman–Crippen MR) is 99.2 cm³/mol. The van der Waals surface area contributed by atoms with Crippen molar-refractivity contribution in [1.29, 1.82) is 0 Å². The van der Waals surface area contributed by atoms with Gasteiger partial charge in [-0.15, -0.1) is 24.8 Å². The molecular weight excluding hydrogens is 357 g/mol. The lowest BCUT2D eigenvalue weighted by Crippen LogP contribution is -2.51. The molecule has 0 aliphatic carbocycles. The van der Waals surface area contributed by atoms with Crippen LogP contribution >= 0.6 is 36.4 Å². The molecule has 0 spiro atoms. The molecule has 4 nitrogen and oxygen atoms in total. The first-order valence-corrected chi connectivity index (χ1v) is 7.62. The first kappa shape index (κ1) is 20.0. The summed E-state index contributed by atoms with van der Waals surface area (Å²) < 4.78 is 0. The number of carbonyl (C=O) groups is 1. The zero-order valence-electron chi connectivity index (χ0n) is 12.7. The minimum absolute atomic E-state index is 0. The van der Waals surface area contributed by atoms with Crippen LogP contribution in [-0.4, -0.2) is 29.5 Å². The number of hydrogen-bond acceptors (Lipinski definition) is 3. The molecule has 1 aliphatic heterocycles. The number of benzene rings is 1. The van der Waals surface area contributed by atoms with E-state index in [1.165, 1.54) is 0 Å². The fourth-order valence-electron chi connectivity index (χ4n) is 2.81. The summed E-state index contributed by atoms with van der Waals surface area (Å²) in [5, 5.41) is 7.92. The average Bonchev–Trinajstić information content (AvgIpc) is 2.50. The highest BCUT2D eigenvalue weighted by atomic mass is 35.5. The van der Waals surface area contributed by atoms with E-state index in [1.54, 1.807) is 18.3 Å². The molecule has 7 heteroatoms. The predicted octanol–water partition coefficient (Wildman–Crippen LogP) is 3.60. The summed E-state index contributed by atoms with van der Waals surface area (Å²) in [5.74, 6) is -0.0871. The van der Waals surface area contributed by atoms with Gasteiger partial charge in [0, 0.05) is 23.7 Å². The zero-order valence-corrected chi connectivity index (χ0v) is 15.1. The van der Waals surface area contributed by atoms with Gasteiger partial charge in [-0.1, -0.05) is 11.6 Å². The Morgan fingerprint density at radius 2 is 2.13 bits per heavy atom. The molecule has 0 bridgehead atoms. The first-order chi connectivity index (χ1) is 10.2. The second kappa shape index (κ2) is 8.69. The quantitative estimate of drug-likeness (QED) is 0.842. The summed E-state index contributed by atoms with van der Waals surface area (Å²) in [5.41, 5.74) is 1.23. The lowest BCUT2D eigenvalue weighted by molar-refractivity contribution is 0.0921. The van der Waals surface area contributed by atoms with Gasteiger partial charge < -0.3 is 10.6 Å². The van der Waals surface area contributed by atoms with E-state index in [0.717, 1.165) is 24.8 Å². The van der Waals surface area contributed by atoms with Crippen LogP contribution in [0.4, 0.5) is 0 Å². The van der Waals surface area contributed by atoms with E-state index in [0.29, 0.717) is 16.1 Å². The Balaban J connectivity index is 0.00000132. The Morgan fingerprint density at radius 1 is 1.35 bits per heavy atom. The van der Waals surface area contributed by atoms with Crippen LogP contribution in [0.25, 0.3) is 10.9 Å². The molecule has 1 saturated heterocycles. The van der Waals surface area contributed by atoms with Crippen LogP contribution in [0.5, 0.6) is 0 Å². The highest BCUT2D eigenvalue weighted by Gasteiger charge is 2.23. The lowest BCUT2D eigenvalue weighted by Gasteiger charge is -2.30. The van der Waals surface area contributed by atoms with E-state index in [9.17, 15) is 4.79 Å². The molecule has 3 rings (SSSR count). The molecule has 2 atom stereocenters. The molecule has 126 valence electrons. The number of amides is 1. The number of pyridine rings is 1. The van der Waals surface area contributed by atoms with Crippen molar-refractivity contribution in [2.45, 2.75) is 31.8 Å². The Kier molecular flexibility index (Phi) is 7.55. The molecule has 0 saturated carbocycles. The summed E-state index contributed by atoms with van der Waals surface area (Å²) in [4.78, 5) is 16.9. The van der Waals surface area contributed by atoms with Gasteiger partial charge in [-0.25, -0.2) is 0 Å². The summed E-state index contributed by atoms with van der Waals surface area (Å²) in [6.07, 6.45) is 3.76. The van der Waals surface area contributed by atoms with Crippen LogP contribution in [0.15, 0.2) is 30.5 Å². The summed E-state index contributed by atoms with van der Waals surface area (Å²) >= 11 is 6.17. The number of halogens is 3.